The van der Waals surface area contributed by atoms with Crippen molar-refractivity contribution in [3.63, 3.8) is 0 Å². The number of para-hydroxylation sites is 1. The number of fused-ring (bicyclic) bond motifs is 1. The summed E-state index contributed by atoms with van der Waals surface area (Å²) in [4.78, 5) is 31.3. The molecule has 7 heteroatoms. The third-order valence-corrected chi connectivity index (χ3v) is 7.02. The molecule has 0 spiro atoms. The number of aryl methyl sites for hydroxylation is 1. The van der Waals surface area contributed by atoms with Gasteiger partial charge in [0.05, 0.1) is 6.04 Å². The second-order valence-electron chi connectivity index (χ2n) is 8.49. The first-order valence-corrected chi connectivity index (χ1v) is 12.4. The zero-order valence-electron chi connectivity index (χ0n) is 19.5. The van der Waals surface area contributed by atoms with E-state index in [2.05, 4.69) is 0 Å². The number of hydrogen-bond donors (Lipinski definition) is 0. The van der Waals surface area contributed by atoms with Crippen molar-refractivity contribution in [2.24, 2.45) is 0 Å². The van der Waals surface area contributed by atoms with Crippen LogP contribution < -0.4 is 4.74 Å². The topological polar surface area (TPSA) is 49.9 Å². The molecule has 178 valence electrons. The van der Waals surface area contributed by atoms with Gasteiger partial charge in [-0.15, -0.1) is 11.3 Å². The van der Waals surface area contributed by atoms with Gasteiger partial charge in [0.25, 0.3) is 5.91 Å². The molecular weight excluding hydrogens is 451 g/mol. The maximum Gasteiger partial charge on any atom is 0.254 e. The number of amides is 2. The van der Waals surface area contributed by atoms with Crippen LogP contribution in [0.5, 0.6) is 5.75 Å². The molecule has 1 aliphatic rings. The molecule has 2 amide bonds. The third-order valence-electron chi connectivity index (χ3n) is 6.02. The Morgan fingerprint density at radius 1 is 1.18 bits per heavy atom. The summed E-state index contributed by atoms with van der Waals surface area (Å²) in [5, 5.41) is 2.01. The van der Waals surface area contributed by atoms with Crippen LogP contribution in [0.25, 0.3) is 0 Å². The molecule has 3 aromatic rings. The number of nitrogens with zero attached hydrogens (tertiary/aromatic N) is 2. The molecule has 0 saturated carbocycles. The minimum Gasteiger partial charge on any atom is -0.488 e. The summed E-state index contributed by atoms with van der Waals surface area (Å²) in [6.07, 6.45) is 1.51. The average Bonchev–Trinajstić information content (AvgIpc) is 3.32. The van der Waals surface area contributed by atoms with Crippen LogP contribution in [0.2, 0.25) is 0 Å². The van der Waals surface area contributed by atoms with Crippen molar-refractivity contribution in [2.45, 2.75) is 32.7 Å². The van der Waals surface area contributed by atoms with E-state index in [0.29, 0.717) is 18.7 Å². The number of halogens is 1. The second-order valence-corrected chi connectivity index (χ2v) is 9.49. The largest absolute Gasteiger partial charge is 0.488 e. The molecule has 4 rings (SSSR count). The quantitative estimate of drug-likeness (QED) is 0.442. The first-order chi connectivity index (χ1) is 16.5. The highest BCUT2D eigenvalue weighted by molar-refractivity contribution is 7.10. The van der Waals surface area contributed by atoms with Crippen LogP contribution >= 0.6 is 11.3 Å². The van der Waals surface area contributed by atoms with E-state index in [1.807, 2.05) is 43.5 Å². The fourth-order valence-electron chi connectivity index (χ4n) is 4.34. The average molecular weight is 481 g/mol. The van der Waals surface area contributed by atoms with Crippen molar-refractivity contribution in [1.29, 1.82) is 0 Å². The van der Waals surface area contributed by atoms with Gasteiger partial charge in [0.1, 0.15) is 13.2 Å². The van der Waals surface area contributed by atoms with Gasteiger partial charge in [-0.3, -0.25) is 9.59 Å². The molecular formula is C27H29FN2O3S. The van der Waals surface area contributed by atoms with Crippen LogP contribution in [0, 0.1) is 12.7 Å². The Labute approximate surface area is 203 Å². The normalized spacial score (nSPS) is 15.0. The number of thiophene rings is 1. The molecule has 0 radical (unpaired) electrons. The Hall–Kier alpha value is -3.19. The van der Waals surface area contributed by atoms with Crippen molar-refractivity contribution >= 4 is 23.2 Å². The van der Waals surface area contributed by atoms with E-state index in [1.165, 1.54) is 10.9 Å². The maximum atomic E-state index is 14.1. The predicted octanol–water partition coefficient (Wildman–Crippen LogP) is 5.25. The molecule has 0 unspecified atom stereocenters. The standard InChI is InChI=1S/C27H29FN2O3S/c1-3-13-29(27(32)20-8-6-7-19(2)16-20)17-26(31)30-14-11-25-21(12-15-34-25)23(30)18-33-24-10-5-4-9-22(24)28/h4-10,12,15-16,23H,3,11,13-14,17-18H2,1-2H3/t23-/m1/s1. The van der Waals surface area contributed by atoms with Gasteiger partial charge < -0.3 is 14.5 Å². The highest BCUT2D eigenvalue weighted by Gasteiger charge is 2.33. The molecule has 0 fully saturated rings. The molecule has 2 heterocycles. The molecule has 1 aliphatic heterocycles. The first kappa shape index (κ1) is 24.0. The van der Waals surface area contributed by atoms with E-state index in [1.54, 1.807) is 45.4 Å². The van der Waals surface area contributed by atoms with Crippen LogP contribution in [0.3, 0.4) is 0 Å². The zero-order valence-corrected chi connectivity index (χ0v) is 20.3. The summed E-state index contributed by atoms with van der Waals surface area (Å²) < 4.78 is 19.9. The Kier molecular flexibility index (Phi) is 7.63. The highest BCUT2D eigenvalue weighted by Crippen LogP contribution is 2.34. The Bertz CT molecular complexity index is 1160. The SMILES string of the molecule is CCCN(CC(=O)N1CCc2sccc2[C@H]1COc1ccccc1F)C(=O)c1cccc(C)c1. The molecule has 2 aromatic carbocycles. The van der Waals surface area contributed by atoms with E-state index in [4.69, 9.17) is 4.74 Å². The minimum absolute atomic E-state index is 0.00369. The van der Waals surface area contributed by atoms with Gasteiger partial charge >= 0.3 is 0 Å². The third kappa shape index (κ3) is 5.30. The lowest BCUT2D eigenvalue weighted by Crippen LogP contribution is -2.48. The lowest BCUT2D eigenvalue weighted by Gasteiger charge is -2.37. The number of carbonyl (C=O) groups excluding carboxylic acids is 2. The molecule has 0 bridgehead atoms. The van der Waals surface area contributed by atoms with E-state index in [0.717, 1.165) is 24.0 Å². The number of benzene rings is 2. The Balaban J connectivity index is 1.53. The monoisotopic (exact) mass is 480 g/mol. The van der Waals surface area contributed by atoms with Crippen LogP contribution in [-0.2, 0) is 11.2 Å². The van der Waals surface area contributed by atoms with Gasteiger partial charge in [-0.05, 0) is 61.0 Å². The number of carbonyl (C=O) groups is 2. The molecule has 0 aliphatic carbocycles. The van der Waals surface area contributed by atoms with Crippen LogP contribution in [0.15, 0.2) is 60.0 Å². The van der Waals surface area contributed by atoms with E-state index in [9.17, 15) is 14.0 Å². The van der Waals surface area contributed by atoms with E-state index >= 15 is 0 Å². The van der Waals surface area contributed by atoms with Crippen molar-refractivity contribution in [2.75, 3.05) is 26.2 Å². The Morgan fingerprint density at radius 3 is 2.76 bits per heavy atom. The maximum absolute atomic E-state index is 14.1. The van der Waals surface area contributed by atoms with Gasteiger partial charge in [-0.2, -0.15) is 0 Å². The zero-order chi connectivity index (χ0) is 24.1. The van der Waals surface area contributed by atoms with Crippen LogP contribution in [0.1, 0.15) is 45.7 Å². The van der Waals surface area contributed by atoms with Crippen LogP contribution in [0.4, 0.5) is 4.39 Å². The lowest BCUT2D eigenvalue weighted by molar-refractivity contribution is -0.135. The van der Waals surface area contributed by atoms with Gasteiger partial charge in [0.2, 0.25) is 5.91 Å². The first-order valence-electron chi connectivity index (χ1n) is 11.6. The molecule has 1 aromatic heterocycles. The highest BCUT2D eigenvalue weighted by atomic mass is 32.1. The minimum atomic E-state index is -0.431. The van der Waals surface area contributed by atoms with Crippen molar-refractivity contribution < 1.29 is 18.7 Å². The summed E-state index contributed by atoms with van der Waals surface area (Å²) in [7, 11) is 0. The van der Waals surface area contributed by atoms with E-state index in [-0.39, 0.29) is 36.8 Å². The molecule has 5 nitrogen and oxygen atoms in total. The van der Waals surface area contributed by atoms with Gasteiger partial charge in [0, 0.05) is 23.5 Å². The fraction of sp³-hybridized carbons (Fsp3) is 0.333. The molecule has 1 atom stereocenters. The van der Waals surface area contributed by atoms with E-state index < -0.39 is 5.82 Å². The summed E-state index contributed by atoms with van der Waals surface area (Å²) in [5.74, 6) is -0.543. The lowest BCUT2D eigenvalue weighted by atomic mass is 10.00. The smallest absolute Gasteiger partial charge is 0.254 e. The molecule has 34 heavy (non-hydrogen) atoms. The fourth-order valence-corrected chi connectivity index (χ4v) is 5.27. The number of ether oxygens (including phenoxy) is 1. The van der Waals surface area contributed by atoms with Crippen molar-refractivity contribution in [1.82, 2.24) is 9.80 Å². The van der Waals surface area contributed by atoms with Gasteiger partial charge in [-0.25, -0.2) is 4.39 Å². The second kappa shape index (κ2) is 10.8. The number of rotatable bonds is 8. The summed E-state index contributed by atoms with van der Waals surface area (Å²) in [6, 6.07) is 15.4. The summed E-state index contributed by atoms with van der Waals surface area (Å²) in [5.41, 5.74) is 2.62. The van der Waals surface area contributed by atoms with Crippen LogP contribution in [-0.4, -0.2) is 47.9 Å². The number of hydrogen-bond acceptors (Lipinski definition) is 4. The predicted molar refractivity (Wildman–Crippen MR) is 132 cm³/mol. The summed E-state index contributed by atoms with van der Waals surface area (Å²) >= 11 is 1.66. The van der Waals surface area contributed by atoms with Gasteiger partial charge in [0.15, 0.2) is 11.6 Å². The summed E-state index contributed by atoms with van der Waals surface area (Å²) in [6.45, 7) is 5.11. The van der Waals surface area contributed by atoms with Gasteiger partial charge in [-0.1, -0.05) is 36.8 Å². The van der Waals surface area contributed by atoms with Crippen molar-refractivity contribution in [3.8, 4) is 5.75 Å². The van der Waals surface area contributed by atoms with Crippen molar-refractivity contribution in [3.05, 3.63) is 87.4 Å². The molecule has 0 saturated heterocycles. The molecule has 0 N–H and O–H groups in total. The Morgan fingerprint density at radius 2 is 2.00 bits per heavy atom.